The summed E-state index contributed by atoms with van der Waals surface area (Å²) >= 11 is 5.87. The van der Waals surface area contributed by atoms with E-state index in [1.807, 2.05) is 0 Å². The van der Waals surface area contributed by atoms with Crippen molar-refractivity contribution >= 4 is 23.7 Å². The van der Waals surface area contributed by atoms with Crippen molar-refractivity contribution in [3.8, 4) is 0 Å². The second-order valence-corrected chi connectivity index (χ2v) is 4.27. The van der Waals surface area contributed by atoms with Crippen LogP contribution in [0.1, 0.15) is 30.6 Å². The predicted molar refractivity (Wildman–Crippen MR) is 66.9 cm³/mol. The van der Waals surface area contributed by atoms with Crippen LogP contribution in [-0.4, -0.2) is 12.1 Å². The van der Waals surface area contributed by atoms with Gasteiger partial charge in [-0.05, 0) is 24.5 Å². The predicted octanol–water partition coefficient (Wildman–Crippen LogP) is 3.10. The number of hydrogen-bond donors (Lipinski definition) is 1. The van der Waals surface area contributed by atoms with E-state index >= 15 is 0 Å². The zero-order valence-electron chi connectivity index (χ0n) is 9.40. The van der Waals surface area contributed by atoms with Crippen LogP contribution >= 0.6 is 11.6 Å². The van der Waals surface area contributed by atoms with Gasteiger partial charge in [0.1, 0.15) is 0 Å². The minimum atomic E-state index is -0.286. The lowest BCUT2D eigenvalue weighted by molar-refractivity contribution is 0.0955. The third-order valence-electron chi connectivity index (χ3n) is 1.95. The highest BCUT2D eigenvalue weighted by Gasteiger charge is 2.07. The van der Waals surface area contributed by atoms with Gasteiger partial charge in [-0.25, -0.2) is 5.43 Å². The van der Waals surface area contributed by atoms with Crippen molar-refractivity contribution in [3.63, 3.8) is 0 Å². The summed E-state index contributed by atoms with van der Waals surface area (Å²) in [5.74, 6) is 0.242. The fourth-order valence-corrected chi connectivity index (χ4v) is 1.29. The molecule has 0 heterocycles. The quantitative estimate of drug-likeness (QED) is 0.636. The SMILES string of the molecule is CC(C)CC=NNC(=O)c1ccccc1Cl. The van der Waals surface area contributed by atoms with Gasteiger partial charge in [-0.15, -0.1) is 0 Å². The minimum absolute atomic E-state index is 0.286. The summed E-state index contributed by atoms with van der Waals surface area (Å²) in [5, 5.41) is 4.28. The molecule has 1 rings (SSSR count). The van der Waals surface area contributed by atoms with E-state index in [0.29, 0.717) is 16.5 Å². The Balaban J connectivity index is 2.54. The Morgan fingerprint density at radius 1 is 1.50 bits per heavy atom. The number of carbonyl (C=O) groups excluding carboxylic acids is 1. The first-order chi connectivity index (χ1) is 7.61. The molecule has 1 aromatic rings. The Morgan fingerprint density at radius 3 is 2.81 bits per heavy atom. The summed E-state index contributed by atoms with van der Waals surface area (Å²) in [6.45, 7) is 4.17. The molecule has 1 N–H and O–H groups in total. The Labute approximate surface area is 101 Å². The molecule has 0 spiro atoms. The van der Waals surface area contributed by atoms with E-state index < -0.39 is 0 Å². The Bertz CT molecular complexity index is 388. The number of nitrogens with one attached hydrogen (secondary N) is 1. The molecule has 0 fully saturated rings. The molecule has 1 aromatic carbocycles. The monoisotopic (exact) mass is 238 g/mol. The molecular formula is C12H15ClN2O. The molecule has 16 heavy (non-hydrogen) atoms. The zero-order valence-corrected chi connectivity index (χ0v) is 10.2. The molecule has 0 aliphatic heterocycles. The highest BCUT2D eigenvalue weighted by molar-refractivity contribution is 6.33. The molecule has 4 heteroatoms. The van der Waals surface area contributed by atoms with Gasteiger partial charge in [-0.2, -0.15) is 5.10 Å². The van der Waals surface area contributed by atoms with Crippen LogP contribution in [0.2, 0.25) is 5.02 Å². The Hall–Kier alpha value is -1.35. The number of nitrogens with zero attached hydrogens (tertiary/aromatic N) is 1. The van der Waals surface area contributed by atoms with Gasteiger partial charge < -0.3 is 0 Å². The fourth-order valence-electron chi connectivity index (χ4n) is 1.07. The number of halogens is 1. The van der Waals surface area contributed by atoms with Crippen LogP contribution in [0.25, 0.3) is 0 Å². The van der Waals surface area contributed by atoms with Crippen molar-refractivity contribution < 1.29 is 4.79 Å². The lowest BCUT2D eigenvalue weighted by Gasteiger charge is -2.02. The van der Waals surface area contributed by atoms with Crippen molar-refractivity contribution in [3.05, 3.63) is 34.9 Å². The summed E-state index contributed by atoms with van der Waals surface area (Å²) in [4.78, 5) is 11.6. The number of hydrogen-bond acceptors (Lipinski definition) is 2. The van der Waals surface area contributed by atoms with Crippen LogP contribution in [-0.2, 0) is 0 Å². The van der Waals surface area contributed by atoms with E-state index in [9.17, 15) is 4.79 Å². The first-order valence-electron chi connectivity index (χ1n) is 5.17. The average molecular weight is 239 g/mol. The van der Waals surface area contributed by atoms with Gasteiger partial charge in [0.2, 0.25) is 0 Å². The highest BCUT2D eigenvalue weighted by Crippen LogP contribution is 2.14. The average Bonchev–Trinajstić information content (AvgIpc) is 2.24. The summed E-state index contributed by atoms with van der Waals surface area (Å²) < 4.78 is 0. The summed E-state index contributed by atoms with van der Waals surface area (Å²) in [5.41, 5.74) is 2.88. The van der Waals surface area contributed by atoms with Crippen LogP contribution in [0, 0.1) is 5.92 Å². The number of hydrazone groups is 1. The fraction of sp³-hybridized carbons (Fsp3) is 0.333. The molecule has 0 atom stereocenters. The van der Waals surface area contributed by atoms with Gasteiger partial charge in [-0.3, -0.25) is 4.79 Å². The highest BCUT2D eigenvalue weighted by atomic mass is 35.5. The zero-order chi connectivity index (χ0) is 12.0. The molecule has 0 aliphatic carbocycles. The van der Waals surface area contributed by atoms with E-state index in [2.05, 4.69) is 24.4 Å². The van der Waals surface area contributed by atoms with E-state index in [0.717, 1.165) is 6.42 Å². The van der Waals surface area contributed by atoms with Crippen LogP contribution < -0.4 is 5.43 Å². The standard InChI is InChI=1S/C12H15ClN2O/c1-9(2)7-8-14-15-12(16)10-5-3-4-6-11(10)13/h3-6,8-9H,7H2,1-2H3,(H,15,16). The van der Waals surface area contributed by atoms with Gasteiger partial charge in [0.05, 0.1) is 10.6 Å². The normalized spacial score (nSPS) is 11.0. The number of amides is 1. The number of carbonyl (C=O) groups is 1. The van der Waals surface area contributed by atoms with Crippen LogP contribution in [0.3, 0.4) is 0 Å². The topological polar surface area (TPSA) is 41.5 Å². The van der Waals surface area contributed by atoms with Crippen molar-refractivity contribution in [2.45, 2.75) is 20.3 Å². The molecule has 0 saturated carbocycles. The van der Waals surface area contributed by atoms with Gasteiger partial charge >= 0.3 is 0 Å². The molecule has 0 bridgehead atoms. The molecule has 0 unspecified atom stereocenters. The maximum atomic E-state index is 11.6. The van der Waals surface area contributed by atoms with Crippen LogP contribution in [0.15, 0.2) is 29.4 Å². The first-order valence-corrected chi connectivity index (χ1v) is 5.55. The Kier molecular flexibility index (Phi) is 4.99. The van der Waals surface area contributed by atoms with Crippen molar-refractivity contribution in [2.24, 2.45) is 11.0 Å². The molecular weight excluding hydrogens is 224 g/mol. The molecule has 0 aromatic heterocycles. The smallest absolute Gasteiger partial charge is 0.267 e. The third kappa shape index (κ3) is 4.03. The lowest BCUT2D eigenvalue weighted by atomic mass is 10.2. The van der Waals surface area contributed by atoms with Gasteiger partial charge in [-0.1, -0.05) is 37.6 Å². The molecule has 0 saturated heterocycles. The van der Waals surface area contributed by atoms with Crippen molar-refractivity contribution in [1.29, 1.82) is 0 Å². The maximum absolute atomic E-state index is 11.6. The van der Waals surface area contributed by atoms with Gasteiger partial charge in [0, 0.05) is 6.21 Å². The molecule has 0 aliphatic rings. The Morgan fingerprint density at radius 2 is 2.19 bits per heavy atom. The minimum Gasteiger partial charge on any atom is -0.267 e. The molecule has 0 radical (unpaired) electrons. The second kappa shape index (κ2) is 6.28. The second-order valence-electron chi connectivity index (χ2n) is 3.86. The maximum Gasteiger partial charge on any atom is 0.272 e. The molecule has 86 valence electrons. The van der Waals surface area contributed by atoms with Crippen molar-refractivity contribution in [1.82, 2.24) is 5.43 Å². The van der Waals surface area contributed by atoms with E-state index in [1.54, 1.807) is 30.5 Å². The first kappa shape index (κ1) is 12.7. The van der Waals surface area contributed by atoms with Crippen LogP contribution in [0.4, 0.5) is 0 Å². The van der Waals surface area contributed by atoms with E-state index in [4.69, 9.17) is 11.6 Å². The van der Waals surface area contributed by atoms with Gasteiger partial charge in [0.25, 0.3) is 5.91 Å². The van der Waals surface area contributed by atoms with Crippen molar-refractivity contribution in [2.75, 3.05) is 0 Å². The third-order valence-corrected chi connectivity index (χ3v) is 2.28. The van der Waals surface area contributed by atoms with E-state index in [-0.39, 0.29) is 5.91 Å². The number of rotatable bonds is 4. The van der Waals surface area contributed by atoms with Gasteiger partial charge in [0.15, 0.2) is 0 Å². The summed E-state index contributed by atoms with van der Waals surface area (Å²) in [6, 6.07) is 6.88. The van der Waals surface area contributed by atoms with E-state index in [1.165, 1.54) is 0 Å². The number of benzene rings is 1. The van der Waals surface area contributed by atoms with Crippen LogP contribution in [0.5, 0.6) is 0 Å². The summed E-state index contributed by atoms with van der Waals surface area (Å²) in [6.07, 6.45) is 2.53. The molecule has 3 nitrogen and oxygen atoms in total. The lowest BCUT2D eigenvalue weighted by Crippen LogP contribution is -2.17. The largest absolute Gasteiger partial charge is 0.272 e. The summed E-state index contributed by atoms with van der Waals surface area (Å²) in [7, 11) is 0. The molecule has 1 amide bonds.